The topological polar surface area (TPSA) is 81.5 Å². The predicted octanol–water partition coefficient (Wildman–Crippen LogP) is 5.62. The average Bonchev–Trinajstić information content (AvgIpc) is 3.19. The van der Waals surface area contributed by atoms with Gasteiger partial charge in [-0.25, -0.2) is 13.2 Å². The van der Waals surface area contributed by atoms with E-state index in [0.29, 0.717) is 24.8 Å². The molecule has 3 heterocycles. The lowest BCUT2D eigenvalue weighted by Crippen LogP contribution is -2.41. The number of amides is 1. The molecule has 11 heteroatoms. The molecule has 0 saturated carbocycles. The maximum absolute atomic E-state index is 13.8. The lowest BCUT2D eigenvalue weighted by atomic mass is 9.90. The van der Waals surface area contributed by atoms with E-state index in [4.69, 9.17) is 4.74 Å². The summed E-state index contributed by atoms with van der Waals surface area (Å²) in [6.45, 7) is 6.75. The molecule has 1 aliphatic heterocycles. The van der Waals surface area contributed by atoms with Gasteiger partial charge in [-0.2, -0.15) is 13.2 Å². The Hall–Kier alpha value is -3.08. The van der Waals surface area contributed by atoms with Crippen molar-refractivity contribution in [3.05, 3.63) is 59.5 Å². The largest absolute Gasteiger partial charge is 0.444 e. The molecule has 37 heavy (non-hydrogen) atoms. The molecular formula is C26H30F3N3O4S. The lowest BCUT2D eigenvalue weighted by molar-refractivity contribution is -0.136. The zero-order chi connectivity index (χ0) is 27.2. The summed E-state index contributed by atoms with van der Waals surface area (Å²) in [5, 5.41) is 0.198. The molecule has 1 fully saturated rings. The van der Waals surface area contributed by atoms with Gasteiger partial charge in [0.05, 0.1) is 28.2 Å². The van der Waals surface area contributed by atoms with E-state index in [0.717, 1.165) is 24.7 Å². The molecule has 0 bridgehead atoms. The zero-order valence-corrected chi connectivity index (χ0v) is 22.0. The number of benzene rings is 1. The maximum atomic E-state index is 13.8. The Labute approximate surface area is 214 Å². The number of piperidine rings is 1. The smallest absolute Gasteiger partial charge is 0.418 e. The van der Waals surface area contributed by atoms with Crippen LogP contribution in [0.1, 0.15) is 56.4 Å². The van der Waals surface area contributed by atoms with Crippen LogP contribution in [0, 0.1) is 0 Å². The minimum Gasteiger partial charge on any atom is -0.444 e. The number of nitrogens with zero attached hydrogens (tertiary/aromatic N) is 3. The van der Waals surface area contributed by atoms with Gasteiger partial charge in [0.1, 0.15) is 5.60 Å². The molecular weight excluding hydrogens is 507 g/mol. The van der Waals surface area contributed by atoms with Gasteiger partial charge in [-0.3, -0.25) is 4.98 Å². The number of sulfone groups is 1. The van der Waals surface area contributed by atoms with Crippen LogP contribution in [0.2, 0.25) is 0 Å². The van der Waals surface area contributed by atoms with Crippen molar-refractivity contribution in [2.24, 2.45) is 0 Å². The van der Waals surface area contributed by atoms with E-state index < -0.39 is 27.2 Å². The monoisotopic (exact) mass is 537 g/mol. The number of hydrogen-bond donors (Lipinski definition) is 0. The van der Waals surface area contributed by atoms with E-state index in [1.54, 1.807) is 17.2 Å². The molecule has 4 rings (SSSR count). The van der Waals surface area contributed by atoms with Crippen LogP contribution in [-0.2, 0) is 27.3 Å². The SMILES string of the molecule is CC(C)(C)OC(=O)N1CCC(c2ccc(Cn3ccc4cc(S(C)(=O)=O)cc(C(F)(F)F)c43)nc2)CC1. The molecule has 1 aliphatic rings. The van der Waals surface area contributed by atoms with Gasteiger partial charge in [0.15, 0.2) is 9.84 Å². The minimum atomic E-state index is -4.72. The summed E-state index contributed by atoms with van der Waals surface area (Å²) in [4.78, 5) is 18.1. The highest BCUT2D eigenvalue weighted by Gasteiger charge is 2.35. The molecule has 0 atom stereocenters. The first kappa shape index (κ1) is 27.0. The molecule has 0 radical (unpaired) electrons. The highest BCUT2D eigenvalue weighted by molar-refractivity contribution is 7.90. The second-order valence-corrected chi connectivity index (χ2v) is 12.5. The molecule has 2 aromatic heterocycles. The van der Waals surface area contributed by atoms with Crippen LogP contribution in [-0.4, -0.2) is 53.9 Å². The third-order valence-electron chi connectivity index (χ3n) is 6.37. The number of rotatable bonds is 4. The summed E-state index contributed by atoms with van der Waals surface area (Å²) in [6.07, 6.45) is 0.619. The van der Waals surface area contributed by atoms with Gasteiger partial charge in [0, 0.05) is 37.1 Å². The van der Waals surface area contributed by atoms with E-state index in [2.05, 4.69) is 4.98 Å². The fraction of sp³-hybridized carbons (Fsp3) is 0.462. The summed E-state index contributed by atoms with van der Waals surface area (Å²) in [7, 11) is -3.81. The number of aromatic nitrogens is 2. The number of hydrogen-bond acceptors (Lipinski definition) is 5. The second kappa shape index (κ2) is 9.66. The first-order chi connectivity index (χ1) is 17.1. The van der Waals surface area contributed by atoms with Crippen molar-refractivity contribution >= 4 is 26.8 Å². The van der Waals surface area contributed by atoms with Crippen LogP contribution in [0.5, 0.6) is 0 Å². The zero-order valence-electron chi connectivity index (χ0n) is 21.2. The molecule has 3 aromatic rings. The minimum absolute atomic E-state index is 0.0831. The van der Waals surface area contributed by atoms with E-state index in [1.165, 1.54) is 22.9 Å². The van der Waals surface area contributed by atoms with Crippen LogP contribution in [0.15, 0.2) is 47.6 Å². The van der Waals surface area contributed by atoms with Crippen molar-refractivity contribution in [3.63, 3.8) is 0 Å². The Morgan fingerprint density at radius 1 is 1.11 bits per heavy atom. The molecule has 1 saturated heterocycles. The third-order valence-corrected chi connectivity index (χ3v) is 7.46. The Bertz CT molecular complexity index is 1400. The number of carbonyl (C=O) groups excluding carboxylic acids is 1. The normalized spacial score (nSPS) is 15.8. The molecule has 7 nitrogen and oxygen atoms in total. The predicted molar refractivity (Wildman–Crippen MR) is 133 cm³/mol. The second-order valence-electron chi connectivity index (χ2n) is 10.4. The van der Waals surface area contributed by atoms with Crippen molar-refractivity contribution in [2.45, 2.75) is 62.7 Å². The number of halogens is 3. The average molecular weight is 538 g/mol. The third kappa shape index (κ3) is 6.26. The van der Waals surface area contributed by atoms with Gasteiger partial charge in [0.25, 0.3) is 0 Å². The van der Waals surface area contributed by atoms with Crippen LogP contribution in [0.4, 0.5) is 18.0 Å². The van der Waals surface area contributed by atoms with Gasteiger partial charge in [-0.15, -0.1) is 0 Å². The number of carbonyl (C=O) groups is 1. The Kier molecular flexibility index (Phi) is 7.04. The molecule has 200 valence electrons. The van der Waals surface area contributed by atoms with Crippen molar-refractivity contribution in [1.29, 1.82) is 0 Å². The standard InChI is InChI=1S/C26H30F3N3O4S/c1-25(2,3)36-24(33)31-10-7-17(8-11-31)19-5-6-20(30-15-19)16-32-12-9-18-13-21(37(4,34)35)14-22(23(18)32)26(27,28)29/h5-6,9,12-15,17H,7-8,10-11,16H2,1-4H3. The highest BCUT2D eigenvalue weighted by Crippen LogP contribution is 2.37. The van der Waals surface area contributed by atoms with Gasteiger partial charge in [-0.05, 0) is 69.4 Å². The first-order valence-electron chi connectivity index (χ1n) is 11.9. The van der Waals surface area contributed by atoms with Gasteiger partial charge < -0.3 is 14.2 Å². The maximum Gasteiger partial charge on any atom is 0.418 e. The van der Waals surface area contributed by atoms with Crippen LogP contribution in [0.3, 0.4) is 0 Å². The molecule has 0 unspecified atom stereocenters. The number of alkyl halides is 3. The van der Waals surface area contributed by atoms with Crippen molar-refractivity contribution in [1.82, 2.24) is 14.5 Å². The molecule has 1 aromatic carbocycles. The van der Waals surface area contributed by atoms with Gasteiger partial charge in [-0.1, -0.05) is 6.07 Å². The van der Waals surface area contributed by atoms with Crippen molar-refractivity contribution in [2.75, 3.05) is 19.3 Å². The van der Waals surface area contributed by atoms with Gasteiger partial charge in [0.2, 0.25) is 0 Å². The molecule has 1 amide bonds. The quantitative estimate of drug-likeness (QED) is 0.432. The Morgan fingerprint density at radius 2 is 1.78 bits per heavy atom. The fourth-order valence-corrected chi connectivity index (χ4v) is 5.22. The Morgan fingerprint density at radius 3 is 2.32 bits per heavy atom. The summed E-state index contributed by atoms with van der Waals surface area (Å²) in [6, 6.07) is 7.14. The van der Waals surface area contributed by atoms with E-state index in [9.17, 15) is 26.4 Å². The van der Waals surface area contributed by atoms with Gasteiger partial charge >= 0.3 is 12.3 Å². The Balaban J connectivity index is 1.50. The lowest BCUT2D eigenvalue weighted by Gasteiger charge is -2.33. The number of pyridine rings is 1. The molecule has 0 aliphatic carbocycles. The molecule has 0 N–H and O–H groups in total. The van der Waals surface area contributed by atoms with Crippen molar-refractivity contribution in [3.8, 4) is 0 Å². The number of fused-ring (bicyclic) bond motifs is 1. The first-order valence-corrected chi connectivity index (χ1v) is 13.8. The molecule has 0 spiro atoms. The number of ether oxygens (including phenoxy) is 1. The summed E-state index contributed by atoms with van der Waals surface area (Å²) >= 11 is 0. The summed E-state index contributed by atoms with van der Waals surface area (Å²) < 4.78 is 72.2. The van der Waals surface area contributed by atoms with Crippen molar-refractivity contribution < 1.29 is 31.1 Å². The van der Waals surface area contributed by atoms with Crippen LogP contribution < -0.4 is 0 Å². The summed E-state index contributed by atoms with van der Waals surface area (Å²) in [5.41, 5.74) is -0.0363. The highest BCUT2D eigenvalue weighted by atomic mass is 32.2. The fourth-order valence-electron chi connectivity index (χ4n) is 4.55. The number of likely N-dealkylation sites (tertiary alicyclic amines) is 1. The summed E-state index contributed by atoms with van der Waals surface area (Å²) in [5.74, 6) is 0.221. The van der Waals surface area contributed by atoms with E-state index in [1.807, 2.05) is 26.8 Å². The van der Waals surface area contributed by atoms with Crippen LogP contribution >= 0.6 is 0 Å². The van der Waals surface area contributed by atoms with E-state index in [-0.39, 0.29) is 34.4 Å². The van der Waals surface area contributed by atoms with Crippen LogP contribution in [0.25, 0.3) is 10.9 Å². The van der Waals surface area contributed by atoms with E-state index >= 15 is 0 Å².